The highest BCUT2D eigenvalue weighted by Gasteiger charge is 2.16. The summed E-state index contributed by atoms with van der Waals surface area (Å²) >= 11 is 0. The van der Waals surface area contributed by atoms with E-state index < -0.39 is 5.82 Å². The van der Waals surface area contributed by atoms with E-state index in [-0.39, 0.29) is 5.56 Å². The monoisotopic (exact) mass is 269 g/mol. The summed E-state index contributed by atoms with van der Waals surface area (Å²) in [7, 11) is 1.49. The zero-order valence-electron chi connectivity index (χ0n) is 10.8. The number of aromatic amines is 1. The summed E-state index contributed by atoms with van der Waals surface area (Å²) in [6.45, 7) is 0. The van der Waals surface area contributed by atoms with Crippen LogP contribution in [0.5, 0.6) is 5.75 Å². The SMILES string of the molecule is COc1cccc(F)c1-c1nc(-c2ccccc2)n[nH]1. The third-order valence-corrected chi connectivity index (χ3v) is 2.95. The Morgan fingerprint density at radius 2 is 1.85 bits per heavy atom. The van der Waals surface area contributed by atoms with E-state index >= 15 is 0 Å². The van der Waals surface area contributed by atoms with Crippen LogP contribution in [-0.4, -0.2) is 22.3 Å². The fourth-order valence-electron chi connectivity index (χ4n) is 1.99. The van der Waals surface area contributed by atoms with Gasteiger partial charge in [0.2, 0.25) is 0 Å². The van der Waals surface area contributed by atoms with Crippen molar-refractivity contribution in [2.75, 3.05) is 7.11 Å². The Hall–Kier alpha value is -2.69. The average Bonchev–Trinajstić information content (AvgIpc) is 2.97. The molecule has 0 atom stereocenters. The van der Waals surface area contributed by atoms with Gasteiger partial charge in [-0.1, -0.05) is 36.4 Å². The van der Waals surface area contributed by atoms with E-state index in [1.165, 1.54) is 13.2 Å². The molecule has 3 rings (SSSR count). The number of H-pyrrole nitrogens is 1. The highest BCUT2D eigenvalue weighted by atomic mass is 19.1. The molecule has 1 heterocycles. The van der Waals surface area contributed by atoms with Crippen molar-refractivity contribution in [2.45, 2.75) is 0 Å². The van der Waals surface area contributed by atoms with Gasteiger partial charge in [0, 0.05) is 5.56 Å². The first-order chi connectivity index (χ1) is 9.79. The van der Waals surface area contributed by atoms with Crippen LogP contribution in [0.15, 0.2) is 48.5 Å². The van der Waals surface area contributed by atoms with Gasteiger partial charge in [0.05, 0.1) is 12.7 Å². The molecule has 0 saturated heterocycles. The highest BCUT2D eigenvalue weighted by Crippen LogP contribution is 2.30. The van der Waals surface area contributed by atoms with Crippen molar-refractivity contribution in [1.82, 2.24) is 15.2 Å². The average molecular weight is 269 g/mol. The number of ether oxygens (including phenoxy) is 1. The second-order valence-electron chi connectivity index (χ2n) is 4.19. The van der Waals surface area contributed by atoms with Gasteiger partial charge in [-0.05, 0) is 12.1 Å². The first kappa shape index (κ1) is 12.3. The minimum atomic E-state index is -0.403. The van der Waals surface area contributed by atoms with E-state index in [0.717, 1.165) is 5.56 Å². The van der Waals surface area contributed by atoms with Crippen molar-refractivity contribution in [3.05, 3.63) is 54.3 Å². The molecule has 0 bridgehead atoms. The predicted octanol–water partition coefficient (Wildman–Crippen LogP) is 3.29. The van der Waals surface area contributed by atoms with E-state index in [2.05, 4.69) is 15.2 Å². The van der Waals surface area contributed by atoms with Gasteiger partial charge in [0.25, 0.3) is 0 Å². The molecule has 0 unspecified atom stereocenters. The molecule has 0 fully saturated rings. The number of nitrogens with zero attached hydrogens (tertiary/aromatic N) is 2. The fourth-order valence-corrected chi connectivity index (χ4v) is 1.99. The molecule has 1 aromatic heterocycles. The molecule has 4 nitrogen and oxygen atoms in total. The summed E-state index contributed by atoms with van der Waals surface area (Å²) in [5.74, 6) is 0.880. The molecule has 100 valence electrons. The Bertz CT molecular complexity index is 725. The quantitative estimate of drug-likeness (QED) is 0.793. The zero-order valence-corrected chi connectivity index (χ0v) is 10.8. The van der Waals surface area contributed by atoms with Crippen molar-refractivity contribution in [1.29, 1.82) is 0 Å². The Kier molecular flexibility index (Phi) is 3.16. The van der Waals surface area contributed by atoms with Gasteiger partial charge in [-0.3, -0.25) is 5.10 Å². The second kappa shape index (κ2) is 5.13. The summed E-state index contributed by atoms with van der Waals surface area (Å²) in [5.41, 5.74) is 1.15. The number of rotatable bonds is 3. The maximum Gasteiger partial charge on any atom is 0.181 e. The number of hydrogen-bond donors (Lipinski definition) is 1. The minimum Gasteiger partial charge on any atom is -0.496 e. The third kappa shape index (κ3) is 2.14. The summed E-state index contributed by atoms with van der Waals surface area (Å²) in [6, 6.07) is 14.1. The van der Waals surface area contributed by atoms with E-state index in [4.69, 9.17) is 4.74 Å². The maximum atomic E-state index is 14.0. The van der Waals surface area contributed by atoms with Crippen LogP contribution in [0.3, 0.4) is 0 Å². The predicted molar refractivity (Wildman–Crippen MR) is 73.8 cm³/mol. The third-order valence-electron chi connectivity index (χ3n) is 2.95. The lowest BCUT2D eigenvalue weighted by Crippen LogP contribution is -1.93. The van der Waals surface area contributed by atoms with Gasteiger partial charge >= 0.3 is 0 Å². The molecule has 3 aromatic rings. The number of aromatic nitrogens is 3. The summed E-state index contributed by atoms with van der Waals surface area (Å²) < 4.78 is 19.1. The Morgan fingerprint density at radius 1 is 1.05 bits per heavy atom. The molecule has 0 amide bonds. The summed E-state index contributed by atoms with van der Waals surface area (Å²) in [5, 5.41) is 6.88. The lowest BCUT2D eigenvalue weighted by atomic mass is 10.1. The van der Waals surface area contributed by atoms with Gasteiger partial charge < -0.3 is 4.74 Å². The molecule has 5 heteroatoms. The van der Waals surface area contributed by atoms with Gasteiger partial charge in [-0.2, -0.15) is 5.10 Å². The molecule has 0 aliphatic heterocycles. The Morgan fingerprint density at radius 3 is 2.60 bits per heavy atom. The summed E-state index contributed by atoms with van der Waals surface area (Å²) in [6.07, 6.45) is 0. The van der Waals surface area contributed by atoms with Gasteiger partial charge in [0.15, 0.2) is 11.6 Å². The maximum absolute atomic E-state index is 14.0. The van der Waals surface area contributed by atoms with Crippen molar-refractivity contribution in [3.8, 4) is 28.5 Å². The number of hydrogen-bond acceptors (Lipinski definition) is 3. The molecular weight excluding hydrogens is 257 g/mol. The van der Waals surface area contributed by atoms with E-state index in [9.17, 15) is 4.39 Å². The largest absolute Gasteiger partial charge is 0.496 e. The van der Waals surface area contributed by atoms with Gasteiger partial charge in [-0.25, -0.2) is 9.37 Å². The van der Waals surface area contributed by atoms with Crippen LogP contribution in [0.2, 0.25) is 0 Å². The Labute approximate surface area is 115 Å². The molecule has 20 heavy (non-hydrogen) atoms. The lowest BCUT2D eigenvalue weighted by molar-refractivity contribution is 0.413. The van der Waals surface area contributed by atoms with Crippen LogP contribution in [0, 0.1) is 5.82 Å². The first-order valence-electron chi connectivity index (χ1n) is 6.10. The van der Waals surface area contributed by atoms with Crippen LogP contribution in [0.4, 0.5) is 4.39 Å². The summed E-state index contributed by atoms with van der Waals surface area (Å²) in [4.78, 5) is 4.33. The number of halogens is 1. The van der Waals surface area contributed by atoms with E-state index in [1.54, 1.807) is 12.1 Å². The zero-order chi connectivity index (χ0) is 13.9. The normalized spacial score (nSPS) is 10.5. The minimum absolute atomic E-state index is 0.282. The van der Waals surface area contributed by atoms with Crippen molar-refractivity contribution < 1.29 is 9.13 Å². The Balaban J connectivity index is 2.07. The molecule has 0 radical (unpaired) electrons. The molecule has 1 N–H and O–H groups in total. The van der Waals surface area contributed by atoms with Crippen LogP contribution in [-0.2, 0) is 0 Å². The number of nitrogens with one attached hydrogen (secondary N) is 1. The fraction of sp³-hybridized carbons (Fsp3) is 0.0667. The van der Waals surface area contributed by atoms with Crippen molar-refractivity contribution in [2.24, 2.45) is 0 Å². The molecule has 0 spiro atoms. The van der Waals surface area contributed by atoms with Crippen LogP contribution >= 0.6 is 0 Å². The smallest absolute Gasteiger partial charge is 0.181 e. The highest BCUT2D eigenvalue weighted by molar-refractivity contribution is 5.67. The number of benzene rings is 2. The number of methoxy groups -OCH3 is 1. The standard InChI is InChI=1S/C15H12FN3O/c1-20-12-9-5-8-11(16)13(12)15-17-14(18-19-15)10-6-3-2-4-7-10/h2-9H,1H3,(H,17,18,19). The second-order valence-corrected chi connectivity index (χ2v) is 4.19. The van der Waals surface area contributed by atoms with E-state index in [0.29, 0.717) is 17.4 Å². The lowest BCUT2D eigenvalue weighted by Gasteiger charge is -2.05. The molecule has 0 aliphatic rings. The van der Waals surface area contributed by atoms with Gasteiger partial charge in [0.1, 0.15) is 11.6 Å². The van der Waals surface area contributed by atoms with Crippen molar-refractivity contribution in [3.63, 3.8) is 0 Å². The molecule has 2 aromatic carbocycles. The van der Waals surface area contributed by atoms with E-state index in [1.807, 2.05) is 30.3 Å². The van der Waals surface area contributed by atoms with Crippen LogP contribution < -0.4 is 4.74 Å². The molecule has 0 aliphatic carbocycles. The van der Waals surface area contributed by atoms with Crippen molar-refractivity contribution >= 4 is 0 Å². The van der Waals surface area contributed by atoms with Gasteiger partial charge in [-0.15, -0.1) is 0 Å². The molecule has 0 saturated carbocycles. The molecular formula is C15H12FN3O. The topological polar surface area (TPSA) is 50.8 Å². The van der Waals surface area contributed by atoms with Crippen LogP contribution in [0.25, 0.3) is 22.8 Å². The van der Waals surface area contributed by atoms with Crippen LogP contribution in [0.1, 0.15) is 0 Å². The first-order valence-corrected chi connectivity index (χ1v) is 6.10.